The van der Waals surface area contributed by atoms with Crippen LogP contribution in [0.2, 0.25) is 5.02 Å². The maximum absolute atomic E-state index is 10.8. The highest BCUT2D eigenvalue weighted by Gasteiger charge is 2.33. The van der Waals surface area contributed by atoms with Gasteiger partial charge in [0.2, 0.25) is 0 Å². The summed E-state index contributed by atoms with van der Waals surface area (Å²) in [5.74, 6) is -1.16. The maximum Gasteiger partial charge on any atom is 0.329 e. The molecule has 1 atom stereocenters. The van der Waals surface area contributed by atoms with Crippen LogP contribution in [-0.2, 0) is 10.3 Å². The predicted molar refractivity (Wildman–Crippen MR) is 48.4 cm³/mol. The molecular formula is C8H9ClN2O2. The third-order valence-electron chi connectivity index (χ3n) is 1.69. The van der Waals surface area contributed by atoms with E-state index in [2.05, 4.69) is 4.98 Å². The fourth-order valence-electron chi connectivity index (χ4n) is 0.869. The van der Waals surface area contributed by atoms with Crippen molar-refractivity contribution >= 4 is 17.6 Å². The van der Waals surface area contributed by atoms with E-state index in [9.17, 15) is 4.79 Å². The minimum Gasteiger partial charge on any atom is -0.480 e. The van der Waals surface area contributed by atoms with Gasteiger partial charge < -0.3 is 10.8 Å². The van der Waals surface area contributed by atoms with Crippen LogP contribution in [0, 0.1) is 0 Å². The smallest absolute Gasteiger partial charge is 0.329 e. The van der Waals surface area contributed by atoms with Gasteiger partial charge >= 0.3 is 5.97 Å². The lowest BCUT2D eigenvalue weighted by molar-refractivity contribution is -0.143. The van der Waals surface area contributed by atoms with Crippen LogP contribution in [0.1, 0.15) is 12.6 Å². The highest BCUT2D eigenvalue weighted by atomic mass is 35.5. The highest BCUT2D eigenvalue weighted by Crippen LogP contribution is 2.23. The molecule has 0 spiro atoms. The van der Waals surface area contributed by atoms with Gasteiger partial charge in [-0.05, 0) is 19.1 Å². The van der Waals surface area contributed by atoms with Crippen molar-refractivity contribution < 1.29 is 9.90 Å². The van der Waals surface area contributed by atoms with Gasteiger partial charge in [-0.1, -0.05) is 11.6 Å². The number of aliphatic carboxylic acids is 1. The number of carboxylic acid groups (broad SMARTS) is 1. The van der Waals surface area contributed by atoms with E-state index in [1.807, 2.05) is 0 Å². The summed E-state index contributed by atoms with van der Waals surface area (Å²) < 4.78 is 0. The normalized spacial score (nSPS) is 15.0. The van der Waals surface area contributed by atoms with Crippen molar-refractivity contribution in [2.24, 2.45) is 5.73 Å². The molecule has 5 heteroatoms. The second kappa shape index (κ2) is 3.32. The summed E-state index contributed by atoms with van der Waals surface area (Å²) in [6, 6.07) is 3.17. The van der Waals surface area contributed by atoms with Crippen LogP contribution in [-0.4, -0.2) is 16.1 Å². The Labute approximate surface area is 80.3 Å². The van der Waals surface area contributed by atoms with E-state index in [4.69, 9.17) is 22.4 Å². The minimum absolute atomic E-state index is 0.171. The summed E-state index contributed by atoms with van der Waals surface area (Å²) in [6.45, 7) is 1.35. The Morgan fingerprint density at radius 2 is 2.38 bits per heavy atom. The van der Waals surface area contributed by atoms with Crippen molar-refractivity contribution in [3.8, 4) is 0 Å². The van der Waals surface area contributed by atoms with Gasteiger partial charge in [0.15, 0.2) is 5.54 Å². The molecule has 0 aliphatic carbocycles. The molecule has 0 amide bonds. The summed E-state index contributed by atoms with van der Waals surface area (Å²) in [5.41, 5.74) is 4.16. The van der Waals surface area contributed by atoms with Gasteiger partial charge in [0.1, 0.15) is 0 Å². The lowest BCUT2D eigenvalue weighted by Gasteiger charge is -2.19. The molecule has 4 nitrogen and oxygen atoms in total. The first-order chi connectivity index (χ1) is 5.96. The first-order valence-corrected chi connectivity index (χ1v) is 3.97. The molecule has 0 aliphatic rings. The number of halogens is 1. The summed E-state index contributed by atoms with van der Waals surface area (Å²) in [6.07, 6.45) is 1.45. The maximum atomic E-state index is 10.8. The standard InChI is InChI=1S/C8H9ClN2O2/c1-8(10,7(12)13)6-5(9)3-2-4-11-6/h2-4H,10H2,1H3,(H,12,13)/t8-/m1/s1. The molecule has 3 N–H and O–H groups in total. The molecule has 0 aromatic carbocycles. The van der Waals surface area contributed by atoms with Crippen LogP contribution in [0.3, 0.4) is 0 Å². The zero-order valence-corrected chi connectivity index (χ0v) is 7.75. The average Bonchev–Trinajstić information content (AvgIpc) is 2.04. The number of carbonyl (C=O) groups is 1. The van der Waals surface area contributed by atoms with E-state index in [-0.39, 0.29) is 10.7 Å². The molecular weight excluding hydrogens is 192 g/mol. The molecule has 13 heavy (non-hydrogen) atoms. The van der Waals surface area contributed by atoms with Gasteiger partial charge in [-0.25, -0.2) is 4.79 Å². The van der Waals surface area contributed by atoms with Gasteiger partial charge in [-0.15, -0.1) is 0 Å². The molecule has 1 rings (SSSR count). The van der Waals surface area contributed by atoms with Gasteiger partial charge in [0.25, 0.3) is 0 Å². The first kappa shape index (κ1) is 9.95. The number of pyridine rings is 1. The molecule has 0 unspecified atom stereocenters. The number of nitrogens with two attached hydrogens (primary N) is 1. The van der Waals surface area contributed by atoms with E-state index in [1.54, 1.807) is 12.1 Å². The number of carboxylic acids is 1. The molecule has 70 valence electrons. The summed E-state index contributed by atoms with van der Waals surface area (Å²) in [4.78, 5) is 14.6. The van der Waals surface area contributed by atoms with Crippen LogP contribution in [0.15, 0.2) is 18.3 Å². The second-order valence-electron chi connectivity index (χ2n) is 2.84. The van der Waals surface area contributed by atoms with Gasteiger partial charge in [0, 0.05) is 6.20 Å². The topological polar surface area (TPSA) is 76.2 Å². The van der Waals surface area contributed by atoms with Crippen LogP contribution < -0.4 is 5.73 Å². The zero-order chi connectivity index (χ0) is 10.1. The SMILES string of the molecule is C[C@](N)(C(=O)O)c1ncccc1Cl. The van der Waals surface area contributed by atoms with Crippen LogP contribution in [0.5, 0.6) is 0 Å². The number of nitrogens with zero attached hydrogens (tertiary/aromatic N) is 1. The Morgan fingerprint density at radius 1 is 1.77 bits per heavy atom. The highest BCUT2D eigenvalue weighted by molar-refractivity contribution is 6.31. The van der Waals surface area contributed by atoms with Crippen molar-refractivity contribution in [2.45, 2.75) is 12.5 Å². The van der Waals surface area contributed by atoms with Crippen LogP contribution >= 0.6 is 11.6 Å². The molecule has 0 bridgehead atoms. The van der Waals surface area contributed by atoms with E-state index in [0.29, 0.717) is 0 Å². The largest absolute Gasteiger partial charge is 0.480 e. The van der Waals surface area contributed by atoms with E-state index in [1.165, 1.54) is 13.1 Å². The van der Waals surface area contributed by atoms with Crippen molar-refractivity contribution in [1.29, 1.82) is 0 Å². The predicted octanol–water partition coefficient (Wildman–Crippen LogP) is 0.993. The third-order valence-corrected chi connectivity index (χ3v) is 2.00. The summed E-state index contributed by atoms with van der Waals surface area (Å²) in [5, 5.41) is 9.05. The third kappa shape index (κ3) is 1.79. The number of hydrogen-bond donors (Lipinski definition) is 2. The monoisotopic (exact) mass is 200 g/mol. The Morgan fingerprint density at radius 3 is 2.85 bits per heavy atom. The van der Waals surface area contributed by atoms with Gasteiger partial charge in [-0.3, -0.25) is 4.98 Å². The van der Waals surface area contributed by atoms with E-state index in [0.717, 1.165) is 0 Å². The Hall–Kier alpha value is -1.13. The van der Waals surface area contributed by atoms with Crippen LogP contribution in [0.4, 0.5) is 0 Å². The number of aromatic nitrogens is 1. The molecule has 0 saturated heterocycles. The lowest BCUT2D eigenvalue weighted by Crippen LogP contribution is -2.42. The number of rotatable bonds is 2. The lowest BCUT2D eigenvalue weighted by atomic mass is 9.99. The Kier molecular flexibility index (Phi) is 2.54. The molecule has 1 heterocycles. The van der Waals surface area contributed by atoms with Crippen molar-refractivity contribution in [1.82, 2.24) is 4.98 Å². The zero-order valence-electron chi connectivity index (χ0n) is 6.99. The van der Waals surface area contributed by atoms with E-state index >= 15 is 0 Å². The van der Waals surface area contributed by atoms with Gasteiger partial charge in [0.05, 0.1) is 10.7 Å². The van der Waals surface area contributed by atoms with Crippen molar-refractivity contribution in [2.75, 3.05) is 0 Å². The Bertz CT molecular complexity index is 339. The molecule has 0 saturated carbocycles. The van der Waals surface area contributed by atoms with E-state index < -0.39 is 11.5 Å². The Balaban J connectivity index is 3.22. The number of hydrogen-bond acceptors (Lipinski definition) is 3. The quantitative estimate of drug-likeness (QED) is 0.747. The average molecular weight is 201 g/mol. The van der Waals surface area contributed by atoms with Crippen molar-refractivity contribution in [3.63, 3.8) is 0 Å². The molecule has 1 aromatic heterocycles. The summed E-state index contributed by atoms with van der Waals surface area (Å²) in [7, 11) is 0. The first-order valence-electron chi connectivity index (χ1n) is 3.59. The second-order valence-corrected chi connectivity index (χ2v) is 3.25. The van der Waals surface area contributed by atoms with Crippen molar-refractivity contribution in [3.05, 3.63) is 29.0 Å². The molecule has 0 radical (unpaired) electrons. The van der Waals surface area contributed by atoms with Gasteiger partial charge in [-0.2, -0.15) is 0 Å². The van der Waals surface area contributed by atoms with Crippen LogP contribution in [0.25, 0.3) is 0 Å². The molecule has 0 fully saturated rings. The fourth-order valence-corrected chi connectivity index (χ4v) is 1.19. The summed E-state index contributed by atoms with van der Waals surface area (Å²) >= 11 is 5.75. The molecule has 0 aliphatic heterocycles. The molecule has 1 aromatic rings. The minimum atomic E-state index is -1.54. The fraction of sp³-hybridized carbons (Fsp3) is 0.250.